The van der Waals surface area contributed by atoms with Crippen LogP contribution in [0.2, 0.25) is 0 Å². The van der Waals surface area contributed by atoms with E-state index in [1.54, 1.807) is 23.5 Å². The fourth-order valence-electron chi connectivity index (χ4n) is 1.49. The van der Waals surface area contributed by atoms with Crippen LogP contribution in [0.4, 0.5) is 11.5 Å². The summed E-state index contributed by atoms with van der Waals surface area (Å²) in [5.41, 5.74) is 7.26. The van der Waals surface area contributed by atoms with E-state index < -0.39 is 0 Å². The lowest BCUT2D eigenvalue weighted by Gasteiger charge is -2.12. The molecule has 2 aromatic rings. The Morgan fingerprint density at radius 2 is 2.22 bits per heavy atom. The lowest BCUT2D eigenvalue weighted by Crippen LogP contribution is -2.08. The summed E-state index contributed by atoms with van der Waals surface area (Å²) in [7, 11) is 0. The van der Waals surface area contributed by atoms with Gasteiger partial charge in [0, 0.05) is 11.1 Å². The van der Waals surface area contributed by atoms with E-state index in [0.717, 1.165) is 10.7 Å². The first kappa shape index (κ1) is 12.3. The van der Waals surface area contributed by atoms with Crippen LogP contribution in [-0.2, 0) is 0 Å². The van der Waals surface area contributed by atoms with Crippen LogP contribution in [0, 0.1) is 18.3 Å². The van der Waals surface area contributed by atoms with E-state index in [1.807, 2.05) is 25.3 Å². The zero-order chi connectivity index (χ0) is 13.1. The molecule has 0 spiro atoms. The number of hydrogen-bond donors (Lipinski definition) is 2. The van der Waals surface area contributed by atoms with Crippen molar-refractivity contribution in [2.45, 2.75) is 19.9 Å². The van der Waals surface area contributed by atoms with Crippen LogP contribution in [-0.4, -0.2) is 9.97 Å². The van der Waals surface area contributed by atoms with Crippen LogP contribution >= 0.6 is 11.3 Å². The Morgan fingerprint density at radius 1 is 1.44 bits per heavy atom. The summed E-state index contributed by atoms with van der Waals surface area (Å²) in [5.74, 6) is 0.626. The van der Waals surface area contributed by atoms with Gasteiger partial charge in [-0.1, -0.05) is 0 Å². The van der Waals surface area contributed by atoms with Gasteiger partial charge >= 0.3 is 0 Å². The smallest absolute Gasteiger partial charge is 0.165 e. The number of nitriles is 1. The van der Waals surface area contributed by atoms with Crippen LogP contribution in [0.3, 0.4) is 0 Å². The van der Waals surface area contributed by atoms with E-state index in [-0.39, 0.29) is 11.7 Å². The molecular formula is C12H13N5S. The quantitative estimate of drug-likeness (QED) is 0.884. The van der Waals surface area contributed by atoms with Crippen molar-refractivity contribution in [2.75, 3.05) is 11.1 Å². The molecule has 0 amide bonds. The SMILES string of the molecule is Cc1csc(C(C)Nc2ccc(N)c(C#N)n2)n1. The molecule has 0 aliphatic carbocycles. The lowest BCUT2D eigenvalue weighted by atomic mass is 10.3. The second kappa shape index (κ2) is 5.02. The Kier molecular flexibility index (Phi) is 3.44. The Morgan fingerprint density at radius 3 is 2.83 bits per heavy atom. The van der Waals surface area contributed by atoms with Crippen LogP contribution in [0.25, 0.3) is 0 Å². The summed E-state index contributed by atoms with van der Waals surface area (Å²) in [6.45, 7) is 3.96. The van der Waals surface area contributed by atoms with Crippen molar-refractivity contribution in [3.8, 4) is 6.07 Å². The molecule has 1 atom stereocenters. The zero-order valence-electron chi connectivity index (χ0n) is 10.1. The van der Waals surface area contributed by atoms with Gasteiger partial charge in [0.2, 0.25) is 0 Å². The molecule has 0 aliphatic rings. The van der Waals surface area contributed by atoms with Crippen molar-refractivity contribution in [1.29, 1.82) is 5.26 Å². The number of thiazole rings is 1. The molecule has 0 saturated carbocycles. The van der Waals surface area contributed by atoms with Gasteiger partial charge < -0.3 is 11.1 Å². The van der Waals surface area contributed by atoms with Gasteiger partial charge in [-0.3, -0.25) is 0 Å². The second-order valence-corrected chi connectivity index (χ2v) is 4.83. The predicted molar refractivity (Wildman–Crippen MR) is 72.3 cm³/mol. The van der Waals surface area contributed by atoms with Gasteiger partial charge in [0.15, 0.2) is 5.69 Å². The minimum Gasteiger partial charge on any atom is -0.396 e. The lowest BCUT2D eigenvalue weighted by molar-refractivity contribution is 0.855. The fourth-order valence-corrected chi connectivity index (χ4v) is 2.30. The summed E-state index contributed by atoms with van der Waals surface area (Å²) in [4.78, 5) is 8.55. The number of aryl methyl sites for hydroxylation is 1. The fraction of sp³-hybridized carbons (Fsp3) is 0.250. The number of aromatic nitrogens is 2. The Hall–Kier alpha value is -2.13. The van der Waals surface area contributed by atoms with Gasteiger partial charge in [-0.15, -0.1) is 11.3 Å². The minimum absolute atomic E-state index is 0.0476. The largest absolute Gasteiger partial charge is 0.396 e. The Bertz CT molecular complexity index is 599. The maximum atomic E-state index is 8.87. The maximum Gasteiger partial charge on any atom is 0.165 e. The predicted octanol–water partition coefficient (Wildman–Crippen LogP) is 2.47. The Labute approximate surface area is 109 Å². The molecule has 3 N–H and O–H groups in total. The molecule has 0 aromatic carbocycles. The van der Waals surface area contributed by atoms with Crippen LogP contribution in [0.5, 0.6) is 0 Å². The molecule has 18 heavy (non-hydrogen) atoms. The summed E-state index contributed by atoms with van der Waals surface area (Å²) in [5, 5.41) is 15.1. The molecular weight excluding hydrogens is 246 g/mol. The van der Waals surface area contributed by atoms with E-state index in [4.69, 9.17) is 11.0 Å². The molecule has 0 saturated heterocycles. The normalized spacial score (nSPS) is 11.8. The molecule has 1 unspecified atom stereocenters. The van der Waals surface area contributed by atoms with E-state index in [2.05, 4.69) is 15.3 Å². The summed E-state index contributed by atoms with van der Waals surface area (Å²) < 4.78 is 0. The van der Waals surface area contributed by atoms with Crippen molar-refractivity contribution in [3.05, 3.63) is 33.9 Å². The maximum absolute atomic E-state index is 8.87. The molecule has 0 aliphatic heterocycles. The van der Waals surface area contributed by atoms with E-state index in [9.17, 15) is 0 Å². The van der Waals surface area contributed by atoms with Crippen LogP contribution < -0.4 is 11.1 Å². The van der Waals surface area contributed by atoms with Crippen LogP contribution in [0.15, 0.2) is 17.5 Å². The number of nitrogen functional groups attached to an aromatic ring is 1. The third-order valence-electron chi connectivity index (χ3n) is 2.40. The minimum atomic E-state index is 0.0476. The van der Waals surface area contributed by atoms with Gasteiger partial charge in [-0.25, -0.2) is 9.97 Å². The van der Waals surface area contributed by atoms with Crippen molar-refractivity contribution in [2.24, 2.45) is 0 Å². The average Bonchev–Trinajstić information content (AvgIpc) is 2.78. The van der Waals surface area contributed by atoms with Crippen molar-refractivity contribution >= 4 is 22.8 Å². The summed E-state index contributed by atoms with van der Waals surface area (Å²) in [6, 6.07) is 5.44. The van der Waals surface area contributed by atoms with Gasteiger partial charge in [0.1, 0.15) is 16.9 Å². The highest BCUT2D eigenvalue weighted by Crippen LogP contribution is 2.22. The van der Waals surface area contributed by atoms with Gasteiger partial charge in [0.05, 0.1) is 11.7 Å². The number of pyridine rings is 1. The molecule has 0 bridgehead atoms. The highest BCUT2D eigenvalue weighted by molar-refractivity contribution is 7.09. The van der Waals surface area contributed by atoms with E-state index >= 15 is 0 Å². The zero-order valence-corrected chi connectivity index (χ0v) is 11.0. The van der Waals surface area contributed by atoms with E-state index in [1.165, 1.54) is 0 Å². The highest BCUT2D eigenvalue weighted by Gasteiger charge is 2.10. The monoisotopic (exact) mass is 259 g/mol. The standard InChI is InChI=1S/C12H13N5S/c1-7-6-18-12(15-7)8(2)16-11-4-3-9(14)10(5-13)17-11/h3-4,6,8H,14H2,1-2H3,(H,16,17). The third kappa shape index (κ3) is 2.57. The average molecular weight is 259 g/mol. The molecule has 6 heteroatoms. The number of rotatable bonds is 3. The summed E-state index contributed by atoms with van der Waals surface area (Å²) >= 11 is 1.60. The number of nitrogens with two attached hydrogens (primary N) is 1. The molecule has 0 radical (unpaired) electrons. The molecule has 5 nitrogen and oxygen atoms in total. The summed E-state index contributed by atoms with van der Waals surface area (Å²) in [6.07, 6.45) is 0. The number of nitrogens with one attached hydrogen (secondary N) is 1. The topological polar surface area (TPSA) is 87.6 Å². The Balaban J connectivity index is 2.17. The first-order chi connectivity index (χ1) is 8.60. The molecule has 0 fully saturated rings. The molecule has 92 valence electrons. The number of nitrogens with zero attached hydrogens (tertiary/aromatic N) is 3. The molecule has 2 aromatic heterocycles. The van der Waals surface area contributed by atoms with Crippen molar-refractivity contribution < 1.29 is 0 Å². The number of anilines is 2. The molecule has 2 heterocycles. The highest BCUT2D eigenvalue weighted by atomic mass is 32.1. The first-order valence-corrected chi connectivity index (χ1v) is 6.33. The van der Waals surface area contributed by atoms with Crippen molar-refractivity contribution in [3.63, 3.8) is 0 Å². The van der Waals surface area contributed by atoms with Gasteiger partial charge in [-0.2, -0.15) is 5.26 Å². The van der Waals surface area contributed by atoms with Crippen LogP contribution in [0.1, 0.15) is 29.4 Å². The van der Waals surface area contributed by atoms with Gasteiger partial charge in [-0.05, 0) is 26.0 Å². The third-order valence-corrected chi connectivity index (χ3v) is 3.55. The van der Waals surface area contributed by atoms with Gasteiger partial charge in [0.25, 0.3) is 0 Å². The first-order valence-electron chi connectivity index (χ1n) is 5.45. The number of hydrogen-bond acceptors (Lipinski definition) is 6. The second-order valence-electron chi connectivity index (χ2n) is 3.94. The van der Waals surface area contributed by atoms with E-state index in [0.29, 0.717) is 11.5 Å². The molecule has 2 rings (SSSR count). The van der Waals surface area contributed by atoms with Crippen molar-refractivity contribution in [1.82, 2.24) is 9.97 Å².